The highest BCUT2D eigenvalue weighted by molar-refractivity contribution is 7.99. The monoisotopic (exact) mass is 582 g/mol. The first-order chi connectivity index (χ1) is 19.6. The van der Waals surface area contributed by atoms with E-state index >= 15 is 0 Å². The second kappa shape index (κ2) is 11.4. The number of nitrogens with one attached hydrogen (secondary N) is 2. The van der Waals surface area contributed by atoms with E-state index in [9.17, 15) is 27.6 Å². The number of anilines is 1. The van der Waals surface area contributed by atoms with Crippen LogP contribution >= 0.6 is 11.8 Å². The van der Waals surface area contributed by atoms with Crippen LogP contribution in [0.3, 0.4) is 0 Å². The molecule has 5 rings (SSSR count). The van der Waals surface area contributed by atoms with Gasteiger partial charge < -0.3 is 19.8 Å². The fourth-order valence-electron chi connectivity index (χ4n) is 4.16. The van der Waals surface area contributed by atoms with Crippen LogP contribution in [0.15, 0.2) is 82.7 Å². The van der Waals surface area contributed by atoms with Crippen LogP contribution in [-0.2, 0) is 9.53 Å². The average Bonchev–Trinajstić information content (AvgIpc) is 3.31. The Kier molecular flexibility index (Phi) is 7.70. The minimum atomic E-state index is -4.87. The van der Waals surface area contributed by atoms with Gasteiger partial charge in [0, 0.05) is 10.9 Å². The Morgan fingerprint density at radius 1 is 1.02 bits per heavy atom. The third kappa shape index (κ3) is 6.04. The summed E-state index contributed by atoms with van der Waals surface area (Å²) in [5, 5.41) is 3.50. The highest BCUT2D eigenvalue weighted by atomic mass is 32.2. The lowest BCUT2D eigenvalue weighted by Crippen LogP contribution is -2.23. The van der Waals surface area contributed by atoms with Crippen LogP contribution in [0.2, 0.25) is 0 Å². The summed E-state index contributed by atoms with van der Waals surface area (Å²) in [5.74, 6) is -1.73. The number of ether oxygens (including phenoxy) is 2. The lowest BCUT2D eigenvalue weighted by molar-refractivity contribution is -0.274. The average molecular weight is 583 g/mol. The van der Waals surface area contributed by atoms with Crippen LogP contribution in [0, 0.1) is 0 Å². The van der Waals surface area contributed by atoms with Gasteiger partial charge in [-0.05, 0) is 49.4 Å². The van der Waals surface area contributed by atoms with E-state index in [1.54, 1.807) is 49.4 Å². The Hall–Kier alpha value is -4.78. The highest BCUT2D eigenvalue weighted by Gasteiger charge is 2.31. The summed E-state index contributed by atoms with van der Waals surface area (Å²) in [6.45, 7) is 1.84. The van der Waals surface area contributed by atoms with Crippen molar-refractivity contribution in [1.29, 1.82) is 0 Å². The van der Waals surface area contributed by atoms with Crippen LogP contribution in [0.1, 0.15) is 17.3 Å². The molecular weight excluding hydrogens is 561 g/mol. The van der Waals surface area contributed by atoms with E-state index in [0.717, 1.165) is 23.9 Å². The molecule has 5 aromatic rings. The van der Waals surface area contributed by atoms with Crippen LogP contribution in [0.4, 0.5) is 18.9 Å². The molecule has 1 amide bonds. The molecule has 0 atom stereocenters. The number of fused-ring (bicyclic) bond motifs is 3. The Bertz CT molecular complexity index is 1820. The minimum absolute atomic E-state index is 0.130. The highest BCUT2D eigenvalue weighted by Crippen LogP contribution is 2.28. The maximum atomic E-state index is 13.7. The summed E-state index contributed by atoms with van der Waals surface area (Å²) in [6.07, 6.45) is -4.87. The van der Waals surface area contributed by atoms with Crippen LogP contribution in [-0.4, -0.2) is 45.1 Å². The van der Waals surface area contributed by atoms with Crippen molar-refractivity contribution in [2.45, 2.75) is 18.4 Å². The van der Waals surface area contributed by atoms with Crippen LogP contribution in [0.5, 0.6) is 5.75 Å². The van der Waals surface area contributed by atoms with E-state index in [-0.39, 0.29) is 40.0 Å². The fraction of sp³-hybridized carbons (Fsp3) is 0.143. The number of alkyl halides is 3. The van der Waals surface area contributed by atoms with E-state index in [4.69, 9.17) is 4.74 Å². The lowest BCUT2D eigenvalue weighted by Gasteiger charge is -2.14. The number of amides is 1. The Morgan fingerprint density at radius 3 is 2.46 bits per heavy atom. The van der Waals surface area contributed by atoms with Gasteiger partial charge in [-0.2, -0.15) is 0 Å². The topological polar surface area (TPSA) is 115 Å². The predicted molar refractivity (Wildman–Crippen MR) is 148 cm³/mol. The molecule has 13 heteroatoms. The Labute approximate surface area is 234 Å². The zero-order valence-electron chi connectivity index (χ0n) is 21.3. The van der Waals surface area contributed by atoms with Gasteiger partial charge in [0.15, 0.2) is 5.16 Å². The third-order valence-corrected chi connectivity index (χ3v) is 6.79. The van der Waals surface area contributed by atoms with Crippen molar-refractivity contribution in [1.82, 2.24) is 14.5 Å². The number of rotatable bonds is 8. The molecule has 2 N–H and O–H groups in total. The van der Waals surface area contributed by atoms with Crippen molar-refractivity contribution in [2.24, 2.45) is 0 Å². The molecule has 0 aliphatic heterocycles. The molecule has 0 unspecified atom stereocenters. The number of H-pyrrole nitrogens is 1. The number of hydrogen-bond acceptors (Lipinski definition) is 7. The van der Waals surface area contributed by atoms with Gasteiger partial charge in [-0.25, -0.2) is 9.78 Å². The predicted octanol–water partition coefficient (Wildman–Crippen LogP) is 5.67. The van der Waals surface area contributed by atoms with Gasteiger partial charge in [-0.15, -0.1) is 13.2 Å². The van der Waals surface area contributed by atoms with E-state index in [1.165, 1.54) is 22.8 Å². The zero-order valence-corrected chi connectivity index (χ0v) is 22.1. The number of nitrogens with zero attached hydrogens (tertiary/aromatic N) is 2. The molecule has 0 saturated heterocycles. The summed E-state index contributed by atoms with van der Waals surface area (Å²) < 4.78 is 48.1. The number of carbonyl (C=O) groups is 2. The van der Waals surface area contributed by atoms with Gasteiger partial charge in [0.25, 0.3) is 5.56 Å². The Morgan fingerprint density at radius 2 is 1.73 bits per heavy atom. The normalized spacial score (nSPS) is 11.5. The van der Waals surface area contributed by atoms with E-state index in [0.29, 0.717) is 16.4 Å². The number of halogens is 3. The number of benzene rings is 3. The third-order valence-electron chi connectivity index (χ3n) is 5.85. The first-order valence-electron chi connectivity index (χ1n) is 12.2. The summed E-state index contributed by atoms with van der Waals surface area (Å²) in [7, 11) is 0. The summed E-state index contributed by atoms with van der Waals surface area (Å²) in [4.78, 5) is 46.6. The molecule has 0 bridgehead atoms. The number of para-hydroxylation sites is 2. The van der Waals surface area contributed by atoms with Crippen LogP contribution in [0.25, 0.3) is 27.6 Å². The first kappa shape index (κ1) is 27.8. The van der Waals surface area contributed by atoms with Crippen molar-refractivity contribution in [2.75, 3.05) is 17.7 Å². The number of esters is 1. The number of thioether (sulfide) groups is 1. The molecule has 0 aliphatic rings. The van der Waals surface area contributed by atoms with E-state index in [1.807, 2.05) is 0 Å². The van der Waals surface area contributed by atoms with Crippen molar-refractivity contribution >= 4 is 51.3 Å². The van der Waals surface area contributed by atoms with E-state index < -0.39 is 29.5 Å². The van der Waals surface area contributed by atoms with Crippen molar-refractivity contribution in [3.8, 4) is 11.4 Å². The molecule has 0 aliphatic carbocycles. The molecule has 0 fully saturated rings. The maximum absolute atomic E-state index is 13.7. The van der Waals surface area contributed by atoms with E-state index in [2.05, 4.69) is 20.0 Å². The van der Waals surface area contributed by atoms with Gasteiger partial charge in [0.2, 0.25) is 5.91 Å². The molecule has 41 heavy (non-hydrogen) atoms. The summed E-state index contributed by atoms with van der Waals surface area (Å²) in [6, 6.07) is 18.3. The molecule has 2 aromatic heterocycles. The number of carbonyl (C=O) groups excluding carboxylic acids is 2. The maximum Gasteiger partial charge on any atom is 0.573 e. The van der Waals surface area contributed by atoms with Gasteiger partial charge >= 0.3 is 12.3 Å². The molecular formula is C28H21F3N4O5S. The SMILES string of the molecule is CCOC(=O)c1ccccc1NC(=O)CSc1nc2c([nH]c3ccccc32)c(=O)n1-c1ccc(OC(F)(F)F)cc1. The molecule has 9 nitrogen and oxygen atoms in total. The second-order valence-electron chi connectivity index (χ2n) is 8.57. The zero-order chi connectivity index (χ0) is 29.1. The quantitative estimate of drug-likeness (QED) is 0.138. The molecule has 0 saturated carbocycles. The Balaban J connectivity index is 1.50. The van der Waals surface area contributed by atoms with Gasteiger partial charge in [-0.1, -0.05) is 42.1 Å². The molecule has 0 radical (unpaired) electrons. The fourth-order valence-corrected chi connectivity index (χ4v) is 4.96. The smallest absolute Gasteiger partial charge is 0.462 e. The van der Waals surface area contributed by atoms with Gasteiger partial charge in [-0.3, -0.25) is 14.2 Å². The minimum Gasteiger partial charge on any atom is -0.462 e. The number of aromatic amines is 1. The van der Waals surface area contributed by atoms with Crippen LogP contribution < -0.4 is 15.6 Å². The molecule has 3 aromatic carbocycles. The van der Waals surface area contributed by atoms with Crippen molar-refractivity contribution in [3.05, 3.63) is 88.7 Å². The summed E-state index contributed by atoms with van der Waals surface area (Å²) in [5.41, 5.74) is 1.40. The van der Waals surface area contributed by atoms with Crippen molar-refractivity contribution in [3.63, 3.8) is 0 Å². The second-order valence-corrected chi connectivity index (χ2v) is 9.52. The molecule has 210 valence electrons. The molecule has 0 spiro atoms. The number of hydrogen-bond donors (Lipinski definition) is 2. The summed E-state index contributed by atoms with van der Waals surface area (Å²) >= 11 is 0.947. The van der Waals surface area contributed by atoms with Gasteiger partial charge in [0.1, 0.15) is 16.8 Å². The van der Waals surface area contributed by atoms with Crippen molar-refractivity contribution < 1.29 is 32.2 Å². The molecule has 2 heterocycles. The lowest BCUT2D eigenvalue weighted by atomic mass is 10.2. The number of aromatic nitrogens is 3. The first-order valence-corrected chi connectivity index (χ1v) is 13.2. The van der Waals surface area contributed by atoms with Gasteiger partial charge in [0.05, 0.1) is 29.3 Å². The standard InChI is InChI=1S/C28H21F3N4O5S/c1-2-39-26(38)19-8-4-6-10-21(19)32-22(36)15-41-27-34-23-18-7-3-5-9-20(18)33-24(23)25(37)35(27)16-11-13-17(14-12-16)40-28(29,30)31/h3-14,33H,2,15H2,1H3,(H,32,36). The largest absolute Gasteiger partial charge is 0.573 e.